The molecule has 0 fully saturated rings. The molecule has 0 radical (unpaired) electrons. The Morgan fingerprint density at radius 2 is 1.96 bits per heavy atom. The van der Waals surface area contributed by atoms with E-state index in [0.717, 1.165) is 12.1 Å². The highest BCUT2D eigenvalue weighted by Gasteiger charge is 2.41. The van der Waals surface area contributed by atoms with E-state index < -0.39 is 23.3 Å². The van der Waals surface area contributed by atoms with E-state index in [0.29, 0.717) is 16.9 Å². The van der Waals surface area contributed by atoms with E-state index in [1.54, 1.807) is 18.4 Å². The second-order valence-electron chi connectivity index (χ2n) is 6.60. The predicted molar refractivity (Wildman–Crippen MR) is 95.0 cm³/mol. The van der Waals surface area contributed by atoms with E-state index in [4.69, 9.17) is 0 Å². The summed E-state index contributed by atoms with van der Waals surface area (Å²) < 4.78 is 31.1. The van der Waals surface area contributed by atoms with Crippen LogP contribution in [0.5, 0.6) is 0 Å². The second-order valence-corrected chi connectivity index (χ2v) is 6.60. The summed E-state index contributed by atoms with van der Waals surface area (Å²) in [4.78, 5) is 16.6. The Morgan fingerprint density at radius 1 is 1.14 bits per heavy atom. The van der Waals surface area contributed by atoms with Gasteiger partial charge in [-0.3, -0.25) is 0 Å². The van der Waals surface area contributed by atoms with Crippen LogP contribution < -0.4 is 0 Å². The van der Waals surface area contributed by atoms with Gasteiger partial charge < -0.3 is 9.67 Å². The number of fused-ring (bicyclic) bond motifs is 1. The van der Waals surface area contributed by atoms with Crippen LogP contribution in [0.15, 0.2) is 43.5 Å². The van der Waals surface area contributed by atoms with Crippen molar-refractivity contribution in [3.8, 4) is 0 Å². The van der Waals surface area contributed by atoms with Gasteiger partial charge in [-0.05, 0) is 19.9 Å². The van der Waals surface area contributed by atoms with Crippen LogP contribution in [0.25, 0.3) is 11.2 Å². The molecule has 1 aromatic carbocycles. The average molecular weight is 385 g/mol. The fraction of sp³-hybridized carbons (Fsp3) is 0.278. The Morgan fingerprint density at radius 3 is 2.68 bits per heavy atom. The molecule has 3 aromatic heterocycles. The maximum absolute atomic E-state index is 14.7. The smallest absolute Gasteiger partial charge is 0.163 e. The molecule has 4 rings (SSSR count). The summed E-state index contributed by atoms with van der Waals surface area (Å²) in [6, 6.07) is 2.36. The molecule has 0 aliphatic carbocycles. The van der Waals surface area contributed by atoms with Crippen LogP contribution in [-0.2, 0) is 12.1 Å². The fourth-order valence-electron chi connectivity index (χ4n) is 3.33. The molecular formula is C18H17F2N7O. The number of aromatic nitrogens is 7. The van der Waals surface area contributed by atoms with Crippen molar-refractivity contribution in [1.82, 2.24) is 34.3 Å². The van der Waals surface area contributed by atoms with E-state index in [1.165, 1.54) is 36.1 Å². The van der Waals surface area contributed by atoms with Gasteiger partial charge in [-0.25, -0.2) is 33.4 Å². The van der Waals surface area contributed by atoms with Crippen LogP contribution in [-0.4, -0.2) is 39.4 Å². The second kappa shape index (κ2) is 6.71. The number of aryl methyl sites for hydroxylation is 1. The molecule has 0 aliphatic rings. The van der Waals surface area contributed by atoms with Crippen LogP contribution in [0.4, 0.5) is 8.78 Å². The highest BCUT2D eigenvalue weighted by atomic mass is 19.1. The molecule has 4 aromatic rings. The Kier molecular flexibility index (Phi) is 4.34. The number of halogens is 2. The van der Waals surface area contributed by atoms with Crippen LogP contribution in [0.1, 0.15) is 24.2 Å². The van der Waals surface area contributed by atoms with Crippen LogP contribution in [0, 0.1) is 18.6 Å². The van der Waals surface area contributed by atoms with Crippen molar-refractivity contribution in [2.75, 3.05) is 0 Å². The van der Waals surface area contributed by atoms with Gasteiger partial charge in [-0.2, -0.15) is 5.10 Å². The summed E-state index contributed by atoms with van der Waals surface area (Å²) in [7, 11) is 0. The van der Waals surface area contributed by atoms with Gasteiger partial charge in [-0.15, -0.1) is 0 Å². The maximum Gasteiger partial charge on any atom is 0.163 e. The molecule has 0 amide bonds. The Balaban J connectivity index is 1.87. The molecule has 0 unspecified atom stereocenters. The highest BCUT2D eigenvalue weighted by molar-refractivity contribution is 5.72. The van der Waals surface area contributed by atoms with Crippen molar-refractivity contribution in [2.24, 2.45) is 0 Å². The van der Waals surface area contributed by atoms with Crippen LogP contribution in [0.3, 0.4) is 0 Å². The van der Waals surface area contributed by atoms with Gasteiger partial charge in [-0.1, -0.05) is 6.07 Å². The van der Waals surface area contributed by atoms with Gasteiger partial charge in [0.1, 0.15) is 41.7 Å². The number of aliphatic hydroxyl groups is 1. The largest absolute Gasteiger partial charge is 0.381 e. The minimum absolute atomic E-state index is 0.0653. The summed E-state index contributed by atoms with van der Waals surface area (Å²) in [5, 5.41) is 15.7. The molecule has 0 saturated heterocycles. The summed E-state index contributed by atoms with van der Waals surface area (Å²) in [6.45, 7) is 3.39. The summed E-state index contributed by atoms with van der Waals surface area (Å²) in [6.07, 6.45) is 5.65. The average Bonchev–Trinajstić information content (AvgIpc) is 3.31. The van der Waals surface area contributed by atoms with E-state index in [9.17, 15) is 13.9 Å². The first-order valence-corrected chi connectivity index (χ1v) is 8.54. The zero-order valence-corrected chi connectivity index (χ0v) is 15.2. The quantitative estimate of drug-likeness (QED) is 0.566. The number of benzene rings is 1. The van der Waals surface area contributed by atoms with E-state index in [1.807, 2.05) is 0 Å². The summed E-state index contributed by atoms with van der Waals surface area (Å²) in [5.74, 6) is -1.59. The first-order chi connectivity index (χ1) is 13.4. The predicted octanol–water partition coefficient (Wildman–Crippen LogP) is 2.15. The lowest BCUT2D eigenvalue weighted by atomic mass is 9.86. The molecular weight excluding hydrogens is 368 g/mol. The number of hydrogen-bond acceptors (Lipinski definition) is 6. The minimum Gasteiger partial charge on any atom is -0.381 e. The van der Waals surface area contributed by atoms with E-state index in [-0.39, 0.29) is 12.1 Å². The summed E-state index contributed by atoms with van der Waals surface area (Å²) in [5.41, 5.74) is -0.0948. The molecule has 2 atom stereocenters. The van der Waals surface area contributed by atoms with Gasteiger partial charge in [0.05, 0.1) is 24.6 Å². The zero-order chi connectivity index (χ0) is 19.9. The number of nitrogens with zero attached hydrogens (tertiary/aromatic N) is 7. The normalized spacial score (nSPS) is 14.9. The van der Waals surface area contributed by atoms with Crippen LogP contribution in [0.2, 0.25) is 0 Å². The maximum atomic E-state index is 14.7. The van der Waals surface area contributed by atoms with Crippen molar-refractivity contribution in [1.29, 1.82) is 0 Å². The monoisotopic (exact) mass is 385 g/mol. The van der Waals surface area contributed by atoms with Gasteiger partial charge >= 0.3 is 0 Å². The van der Waals surface area contributed by atoms with Crippen molar-refractivity contribution >= 4 is 11.2 Å². The molecule has 144 valence electrons. The Bertz CT molecular complexity index is 1130. The third-order valence-electron chi connectivity index (χ3n) is 4.92. The standard InChI is InChI=1S/C18H17F2N7O/c1-11-16-17(23-8-22-11)27(10-24-16)12(2)18(28,6-26-9-21-7-25-26)14-4-3-13(19)5-15(14)20/h3-5,7-10,12,28H,6H2,1-2H3/t12-,18-/m1/s1. The third-order valence-corrected chi connectivity index (χ3v) is 4.92. The van der Waals surface area contributed by atoms with Crippen molar-refractivity contribution in [2.45, 2.75) is 32.0 Å². The number of hydrogen-bond donors (Lipinski definition) is 1. The first-order valence-electron chi connectivity index (χ1n) is 8.54. The first kappa shape index (κ1) is 18.1. The van der Waals surface area contributed by atoms with Gasteiger partial charge in [0.2, 0.25) is 0 Å². The molecule has 0 aliphatic heterocycles. The van der Waals surface area contributed by atoms with Crippen molar-refractivity contribution < 1.29 is 13.9 Å². The van der Waals surface area contributed by atoms with Crippen molar-refractivity contribution in [3.63, 3.8) is 0 Å². The van der Waals surface area contributed by atoms with Gasteiger partial charge in [0, 0.05) is 11.6 Å². The lowest BCUT2D eigenvalue weighted by molar-refractivity contribution is -0.0321. The summed E-state index contributed by atoms with van der Waals surface area (Å²) >= 11 is 0. The number of rotatable bonds is 5. The number of imidazole rings is 1. The molecule has 0 bridgehead atoms. The molecule has 0 spiro atoms. The van der Waals surface area contributed by atoms with E-state index >= 15 is 0 Å². The molecule has 1 N–H and O–H groups in total. The van der Waals surface area contributed by atoms with Gasteiger partial charge in [0.25, 0.3) is 0 Å². The van der Waals surface area contributed by atoms with Gasteiger partial charge in [0.15, 0.2) is 5.65 Å². The van der Waals surface area contributed by atoms with Crippen molar-refractivity contribution in [3.05, 3.63) is 66.4 Å². The molecule has 10 heteroatoms. The minimum atomic E-state index is -1.79. The molecule has 28 heavy (non-hydrogen) atoms. The SMILES string of the molecule is Cc1ncnc2c1ncn2[C@H](C)[C@](O)(Cn1cncn1)c1ccc(F)cc1F. The zero-order valence-electron chi connectivity index (χ0n) is 15.2. The fourth-order valence-corrected chi connectivity index (χ4v) is 3.33. The van der Waals surface area contributed by atoms with E-state index in [2.05, 4.69) is 25.0 Å². The third kappa shape index (κ3) is 2.91. The molecule has 3 heterocycles. The Hall–Kier alpha value is -3.27. The molecule has 0 saturated carbocycles. The highest BCUT2D eigenvalue weighted by Crippen LogP contribution is 2.37. The van der Waals surface area contributed by atoms with Crippen LogP contribution >= 0.6 is 0 Å². The topological polar surface area (TPSA) is 94.5 Å². The molecule has 8 nitrogen and oxygen atoms in total. The Labute approximate surface area is 158 Å². The lowest BCUT2D eigenvalue weighted by Crippen LogP contribution is -2.40. The lowest BCUT2D eigenvalue weighted by Gasteiger charge is -2.35.